The molecule has 0 spiro atoms. The van der Waals surface area contributed by atoms with E-state index in [1.807, 2.05) is 0 Å². The molecule has 3 rings (SSSR count). The molecule has 1 amide bonds. The molecule has 1 N–H and O–H groups in total. The van der Waals surface area contributed by atoms with Gasteiger partial charge >= 0.3 is 0 Å². The highest BCUT2D eigenvalue weighted by Gasteiger charge is 2.27. The highest BCUT2D eigenvalue weighted by molar-refractivity contribution is 7.88. The zero-order valence-electron chi connectivity index (χ0n) is 13.5. The number of nitrogens with one attached hydrogen (secondary N) is 1. The Morgan fingerprint density at radius 3 is 2.58 bits per heavy atom. The number of benzene rings is 1. The van der Waals surface area contributed by atoms with Crippen LogP contribution in [0.2, 0.25) is 0 Å². The lowest BCUT2D eigenvalue weighted by atomic mass is 10.1. The number of halogens is 1. The molecule has 0 saturated carbocycles. The third-order valence-electron chi connectivity index (χ3n) is 4.37. The number of amides is 1. The van der Waals surface area contributed by atoms with Crippen molar-refractivity contribution in [3.05, 3.63) is 34.5 Å². The van der Waals surface area contributed by atoms with E-state index in [-0.39, 0.29) is 17.8 Å². The van der Waals surface area contributed by atoms with Gasteiger partial charge in [0.25, 0.3) is 5.91 Å². The van der Waals surface area contributed by atoms with E-state index in [2.05, 4.69) is 5.32 Å². The predicted octanol–water partition coefficient (Wildman–Crippen LogP) is 2.50. The molecule has 5 nitrogen and oxygen atoms in total. The Labute approximate surface area is 144 Å². The third kappa shape index (κ3) is 3.31. The van der Waals surface area contributed by atoms with Crippen LogP contribution < -0.4 is 5.32 Å². The fraction of sp³-hybridized carbons (Fsp3) is 0.438. The van der Waals surface area contributed by atoms with Crippen LogP contribution in [0.3, 0.4) is 0 Å². The molecule has 2 heterocycles. The second-order valence-corrected chi connectivity index (χ2v) is 9.11. The standard InChI is InChI=1S/C16H19FN2O3S2/c1-10-14-12(17)4-3-5-13(14)23-15(10)16(20)18-11-6-8-19(9-7-11)24(2,21)22/h3-5,11H,6-9H2,1-2H3,(H,18,20). The molecule has 0 unspecified atom stereocenters. The Balaban J connectivity index is 1.73. The lowest BCUT2D eigenvalue weighted by Gasteiger charge is -2.30. The predicted molar refractivity (Wildman–Crippen MR) is 93.4 cm³/mol. The SMILES string of the molecule is Cc1c(C(=O)NC2CCN(S(C)(=O)=O)CC2)sc2cccc(F)c12. The second kappa shape index (κ2) is 6.42. The van der Waals surface area contributed by atoms with Crippen LogP contribution in [-0.2, 0) is 10.0 Å². The highest BCUT2D eigenvalue weighted by Crippen LogP contribution is 2.32. The molecule has 0 aliphatic carbocycles. The molecule has 2 aromatic rings. The van der Waals surface area contributed by atoms with Gasteiger partial charge in [-0.15, -0.1) is 11.3 Å². The molecule has 1 saturated heterocycles. The molecule has 1 aliphatic rings. The maximum Gasteiger partial charge on any atom is 0.261 e. The van der Waals surface area contributed by atoms with Crippen LogP contribution in [0.4, 0.5) is 4.39 Å². The lowest BCUT2D eigenvalue weighted by Crippen LogP contribution is -2.46. The minimum absolute atomic E-state index is 0.0649. The summed E-state index contributed by atoms with van der Waals surface area (Å²) in [6, 6.07) is 4.77. The van der Waals surface area contributed by atoms with Crippen molar-refractivity contribution in [1.29, 1.82) is 0 Å². The number of hydrogen-bond acceptors (Lipinski definition) is 4. The Hall–Kier alpha value is -1.51. The maximum absolute atomic E-state index is 13.9. The largest absolute Gasteiger partial charge is 0.349 e. The lowest BCUT2D eigenvalue weighted by molar-refractivity contribution is 0.0927. The van der Waals surface area contributed by atoms with Crippen LogP contribution in [0.15, 0.2) is 18.2 Å². The van der Waals surface area contributed by atoms with E-state index in [1.165, 1.54) is 28.0 Å². The number of carbonyl (C=O) groups excluding carboxylic acids is 1. The quantitative estimate of drug-likeness (QED) is 0.903. The van der Waals surface area contributed by atoms with Gasteiger partial charge in [0.2, 0.25) is 10.0 Å². The van der Waals surface area contributed by atoms with Crippen LogP contribution in [0, 0.1) is 12.7 Å². The zero-order valence-corrected chi connectivity index (χ0v) is 15.1. The van der Waals surface area contributed by atoms with Crippen molar-refractivity contribution < 1.29 is 17.6 Å². The molecule has 8 heteroatoms. The van der Waals surface area contributed by atoms with Crippen LogP contribution in [0.5, 0.6) is 0 Å². The second-order valence-electron chi connectivity index (χ2n) is 6.08. The van der Waals surface area contributed by atoms with Gasteiger partial charge in [-0.3, -0.25) is 4.79 Å². The van der Waals surface area contributed by atoms with Gasteiger partial charge in [0, 0.05) is 29.2 Å². The van der Waals surface area contributed by atoms with E-state index in [0.29, 0.717) is 41.8 Å². The monoisotopic (exact) mass is 370 g/mol. The van der Waals surface area contributed by atoms with Gasteiger partial charge in [0.15, 0.2) is 0 Å². The summed E-state index contributed by atoms with van der Waals surface area (Å²) in [6.07, 6.45) is 2.36. The van der Waals surface area contributed by atoms with E-state index < -0.39 is 10.0 Å². The number of thiophene rings is 1. The van der Waals surface area contributed by atoms with Crippen LogP contribution in [0.25, 0.3) is 10.1 Å². The average molecular weight is 370 g/mol. The number of fused-ring (bicyclic) bond motifs is 1. The fourth-order valence-electron chi connectivity index (χ4n) is 3.05. The van der Waals surface area contributed by atoms with Gasteiger partial charge < -0.3 is 5.32 Å². The van der Waals surface area contributed by atoms with Crippen molar-refractivity contribution in [3.8, 4) is 0 Å². The summed E-state index contributed by atoms with van der Waals surface area (Å²) in [5, 5.41) is 3.46. The summed E-state index contributed by atoms with van der Waals surface area (Å²) < 4.78 is 39.2. The Morgan fingerprint density at radius 1 is 1.33 bits per heavy atom. The minimum Gasteiger partial charge on any atom is -0.349 e. The first kappa shape index (κ1) is 17.3. The van der Waals surface area contributed by atoms with Gasteiger partial charge in [0.1, 0.15) is 5.82 Å². The summed E-state index contributed by atoms with van der Waals surface area (Å²) in [5.41, 5.74) is 0.652. The van der Waals surface area contributed by atoms with E-state index >= 15 is 0 Å². The first-order valence-electron chi connectivity index (χ1n) is 7.71. The zero-order chi connectivity index (χ0) is 17.5. The van der Waals surface area contributed by atoms with Crippen LogP contribution >= 0.6 is 11.3 Å². The van der Waals surface area contributed by atoms with Crippen molar-refractivity contribution in [2.75, 3.05) is 19.3 Å². The number of hydrogen-bond donors (Lipinski definition) is 1. The van der Waals surface area contributed by atoms with E-state index in [4.69, 9.17) is 0 Å². The minimum atomic E-state index is -3.18. The van der Waals surface area contributed by atoms with Crippen molar-refractivity contribution in [2.45, 2.75) is 25.8 Å². The van der Waals surface area contributed by atoms with Gasteiger partial charge in [-0.1, -0.05) is 6.07 Å². The average Bonchev–Trinajstić information content (AvgIpc) is 2.85. The number of aryl methyl sites for hydroxylation is 1. The molecule has 1 aromatic carbocycles. The number of rotatable bonds is 3. The number of nitrogens with zero attached hydrogens (tertiary/aromatic N) is 1. The number of sulfonamides is 1. The van der Waals surface area contributed by atoms with Gasteiger partial charge in [0.05, 0.1) is 11.1 Å². The summed E-state index contributed by atoms with van der Waals surface area (Å²) in [6.45, 7) is 2.57. The molecule has 0 atom stereocenters. The van der Waals surface area contributed by atoms with E-state index in [0.717, 1.165) is 4.70 Å². The molecule has 0 bridgehead atoms. The van der Waals surface area contributed by atoms with Gasteiger partial charge in [-0.05, 0) is 37.5 Å². The van der Waals surface area contributed by atoms with E-state index in [9.17, 15) is 17.6 Å². The summed E-state index contributed by atoms with van der Waals surface area (Å²) in [4.78, 5) is 13.1. The van der Waals surface area contributed by atoms with Crippen molar-refractivity contribution >= 4 is 37.4 Å². The summed E-state index contributed by atoms with van der Waals surface area (Å²) >= 11 is 1.28. The van der Waals surface area contributed by atoms with Crippen molar-refractivity contribution in [1.82, 2.24) is 9.62 Å². The van der Waals surface area contributed by atoms with Gasteiger partial charge in [-0.2, -0.15) is 0 Å². The number of piperidine rings is 1. The molecular formula is C16H19FN2O3S2. The van der Waals surface area contributed by atoms with E-state index in [1.54, 1.807) is 19.1 Å². The maximum atomic E-state index is 13.9. The molecule has 0 radical (unpaired) electrons. The Kier molecular flexibility index (Phi) is 4.63. The molecule has 1 aromatic heterocycles. The fourth-order valence-corrected chi connectivity index (χ4v) is 5.05. The Morgan fingerprint density at radius 2 is 2.00 bits per heavy atom. The topological polar surface area (TPSA) is 66.5 Å². The molecule has 130 valence electrons. The molecule has 1 fully saturated rings. The van der Waals surface area contributed by atoms with Crippen LogP contribution in [0.1, 0.15) is 28.1 Å². The van der Waals surface area contributed by atoms with Gasteiger partial charge in [-0.25, -0.2) is 17.1 Å². The highest BCUT2D eigenvalue weighted by atomic mass is 32.2. The van der Waals surface area contributed by atoms with Crippen LogP contribution in [-0.4, -0.2) is 44.0 Å². The molecular weight excluding hydrogens is 351 g/mol. The first-order valence-corrected chi connectivity index (χ1v) is 10.4. The van der Waals surface area contributed by atoms with Crippen molar-refractivity contribution in [2.24, 2.45) is 0 Å². The number of carbonyl (C=O) groups is 1. The summed E-state index contributed by atoms with van der Waals surface area (Å²) in [7, 11) is -3.18. The normalized spacial score (nSPS) is 17.3. The molecule has 24 heavy (non-hydrogen) atoms. The molecule has 1 aliphatic heterocycles. The smallest absolute Gasteiger partial charge is 0.261 e. The first-order chi connectivity index (χ1) is 11.3. The van der Waals surface area contributed by atoms with Crippen molar-refractivity contribution in [3.63, 3.8) is 0 Å². The Bertz CT molecular complexity index is 884. The summed E-state index contributed by atoms with van der Waals surface area (Å²) in [5.74, 6) is -0.535. The third-order valence-corrected chi connectivity index (χ3v) is 6.93.